The first-order valence-electron chi connectivity index (χ1n) is 21.2. The van der Waals surface area contributed by atoms with Gasteiger partial charge < -0.3 is 4.42 Å². The van der Waals surface area contributed by atoms with Gasteiger partial charge in [0.2, 0.25) is 0 Å². The Kier molecular flexibility index (Phi) is 7.52. The van der Waals surface area contributed by atoms with E-state index < -0.39 is 5.41 Å². The number of aromatic nitrogens is 2. The zero-order valence-corrected chi connectivity index (χ0v) is 33.6. The van der Waals surface area contributed by atoms with E-state index in [2.05, 4.69) is 200 Å². The lowest BCUT2D eigenvalue weighted by molar-refractivity contribution is 0.670. The second-order valence-electron chi connectivity index (χ2n) is 16.4. The van der Waals surface area contributed by atoms with Crippen molar-refractivity contribution in [2.45, 2.75) is 5.41 Å². The van der Waals surface area contributed by atoms with Gasteiger partial charge in [0.1, 0.15) is 11.2 Å². The van der Waals surface area contributed by atoms with Gasteiger partial charge in [-0.15, -0.1) is 0 Å². The van der Waals surface area contributed by atoms with Gasteiger partial charge in [-0.3, -0.25) is 0 Å². The smallest absolute Gasteiger partial charge is 0.160 e. The van der Waals surface area contributed by atoms with Crippen LogP contribution in [0.3, 0.4) is 0 Å². The molecule has 0 fully saturated rings. The van der Waals surface area contributed by atoms with Crippen molar-refractivity contribution in [3.05, 3.63) is 241 Å². The summed E-state index contributed by atoms with van der Waals surface area (Å²) in [6, 6.07) is 78.5. The molecule has 3 heteroatoms. The van der Waals surface area contributed by atoms with Crippen molar-refractivity contribution in [1.82, 2.24) is 9.97 Å². The van der Waals surface area contributed by atoms with Gasteiger partial charge in [-0.05, 0) is 97.6 Å². The summed E-state index contributed by atoms with van der Waals surface area (Å²) in [6.07, 6.45) is 0. The van der Waals surface area contributed by atoms with E-state index in [0.29, 0.717) is 5.82 Å². The number of furan rings is 1. The normalized spacial score (nSPS) is 13.0. The lowest BCUT2D eigenvalue weighted by Crippen LogP contribution is -2.25. The van der Waals surface area contributed by atoms with E-state index in [-0.39, 0.29) is 0 Å². The third-order valence-corrected chi connectivity index (χ3v) is 13.1. The SMILES string of the molecule is c1ccc(-c2cc(-c3cc(-c4ccc5c(c4)C4(c6ccccc6-c6ccccc64)c4ccccc4-5)nc(-c4ccccc4)n3)cc(-c3cccc4c3oc3ccccc34)c2)cc1. The van der Waals surface area contributed by atoms with Crippen LogP contribution in [0.1, 0.15) is 22.3 Å². The molecule has 0 radical (unpaired) electrons. The van der Waals surface area contributed by atoms with E-state index in [4.69, 9.17) is 14.4 Å². The molecule has 2 aliphatic rings. The molecule has 0 unspecified atom stereocenters. The maximum absolute atomic E-state index is 6.60. The molecule has 0 saturated carbocycles. The van der Waals surface area contributed by atoms with Crippen LogP contribution >= 0.6 is 0 Å². The summed E-state index contributed by atoms with van der Waals surface area (Å²) < 4.78 is 6.60. The Morgan fingerprint density at radius 3 is 1.52 bits per heavy atom. The highest BCUT2D eigenvalue weighted by Crippen LogP contribution is 2.63. The number of hydrogen-bond acceptors (Lipinski definition) is 3. The minimum absolute atomic E-state index is 0.455. The van der Waals surface area contributed by atoms with E-state index in [1.165, 1.54) is 44.5 Å². The largest absolute Gasteiger partial charge is 0.455 e. The second-order valence-corrected chi connectivity index (χ2v) is 16.4. The topological polar surface area (TPSA) is 38.9 Å². The predicted molar refractivity (Wildman–Crippen MR) is 253 cm³/mol. The minimum atomic E-state index is -0.455. The van der Waals surface area contributed by atoms with Gasteiger partial charge in [0.25, 0.3) is 0 Å². The Morgan fingerprint density at radius 1 is 0.306 bits per heavy atom. The molecule has 288 valence electrons. The standard InChI is InChI=1S/C59H36N2O/c1-3-16-37(17-4-1)40-32-41(43-24-15-25-49-48-23-10-14-29-56(48)62-57(43)49)34-42(33-40)55-36-54(60-58(61-55)38-18-5-2-6-19-38)39-30-31-47-46-22-9-13-28-52(46)59(53(47)35-39)50-26-11-7-20-44(50)45-21-8-12-27-51(45)59/h1-36H. The Bertz CT molecular complexity index is 3520. The molecule has 3 nitrogen and oxygen atoms in total. The van der Waals surface area contributed by atoms with Crippen molar-refractivity contribution < 1.29 is 4.42 Å². The molecule has 0 saturated heterocycles. The third kappa shape index (κ3) is 5.06. The lowest BCUT2D eigenvalue weighted by Gasteiger charge is -2.30. The number of fused-ring (bicyclic) bond motifs is 13. The molecule has 9 aromatic carbocycles. The van der Waals surface area contributed by atoms with Crippen molar-refractivity contribution in [3.63, 3.8) is 0 Å². The first-order chi connectivity index (χ1) is 30.7. The van der Waals surface area contributed by atoms with Crippen LogP contribution in [0.4, 0.5) is 0 Å². The Morgan fingerprint density at radius 2 is 0.823 bits per heavy atom. The van der Waals surface area contributed by atoms with Gasteiger partial charge in [-0.25, -0.2) is 9.97 Å². The summed E-state index contributed by atoms with van der Waals surface area (Å²) in [5.41, 5.74) is 20.7. The van der Waals surface area contributed by atoms with E-state index in [1.807, 2.05) is 18.2 Å². The molecule has 0 atom stereocenters. The van der Waals surface area contributed by atoms with Crippen LogP contribution in [0.5, 0.6) is 0 Å². The van der Waals surface area contributed by atoms with Gasteiger partial charge in [-0.1, -0.05) is 182 Å². The Balaban J connectivity index is 1.05. The molecule has 0 N–H and O–H groups in total. The zero-order valence-electron chi connectivity index (χ0n) is 33.6. The number of hydrogen-bond donors (Lipinski definition) is 0. The molecule has 0 aliphatic heterocycles. The van der Waals surface area contributed by atoms with Crippen molar-refractivity contribution in [2.75, 3.05) is 0 Å². The number of benzene rings is 9. The first-order valence-corrected chi connectivity index (χ1v) is 21.2. The molecule has 62 heavy (non-hydrogen) atoms. The summed E-state index contributed by atoms with van der Waals surface area (Å²) in [5.74, 6) is 0.680. The van der Waals surface area contributed by atoms with Gasteiger partial charge in [0.05, 0.1) is 16.8 Å². The molecule has 0 bridgehead atoms. The second kappa shape index (κ2) is 13.4. The van der Waals surface area contributed by atoms with Crippen molar-refractivity contribution >= 4 is 21.9 Å². The molecular formula is C59H36N2O. The highest BCUT2D eigenvalue weighted by Gasteiger charge is 2.51. The maximum Gasteiger partial charge on any atom is 0.160 e. The van der Waals surface area contributed by atoms with E-state index >= 15 is 0 Å². The average Bonchev–Trinajstić information content (AvgIpc) is 3.98. The number of rotatable bonds is 5. The van der Waals surface area contributed by atoms with Crippen LogP contribution < -0.4 is 0 Å². The fourth-order valence-electron chi connectivity index (χ4n) is 10.4. The molecule has 13 rings (SSSR count). The molecule has 11 aromatic rings. The summed E-state index contributed by atoms with van der Waals surface area (Å²) in [6.45, 7) is 0. The molecule has 2 aromatic heterocycles. The van der Waals surface area contributed by atoms with Crippen LogP contribution in [0.15, 0.2) is 223 Å². The number of nitrogens with zero attached hydrogens (tertiary/aromatic N) is 2. The summed E-state index contributed by atoms with van der Waals surface area (Å²) in [5, 5.41) is 2.21. The summed E-state index contributed by atoms with van der Waals surface area (Å²) in [7, 11) is 0. The van der Waals surface area contributed by atoms with Crippen LogP contribution in [-0.4, -0.2) is 9.97 Å². The van der Waals surface area contributed by atoms with Crippen LogP contribution in [0.2, 0.25) is 0 Å². The Labute approximate surface area is 359 Å². The zero-order chi connectivity index (χ0) is 40.8. The molecule has 2 aliphatic carbocycles. The van der Waals surface area contributed by atoms with Crippen molar-refractivity contribution in [2.24, 2.45) is 0 Å². The highest BCUT2D eigenvalue weighted by molar-refractivity contribution is 6.10. The first kappa shape index (κ1) is 34.7. The summed E-state index contributed by atoms with van der Waals surface area (Å²) >= 11 is 0. The van der Waals surface area contributed by atoms with Crippen LogP contribution in [0, 0.1) is 0 Å². The van der Waals surface area contributed by atoms with Crippen LogP contribution in [0.25, 0.3) is 100 Å². The van der Waals surface area contributed by atoms with Crippen molar-refractivity contribution in [3.8, 4) is 78.4 Å². The summed E-state index contributed by atoms with van der Waals surface area (Å²) in [4.78, 5) is 10.7. The quantitative estimate of drug-likeness (QED) is 0.174. The monoisotopic (exact) mass is 788 g/mol. The maximum atomic E-state index is 6.60. The van der Waals surface area contributed by atoms with Gasteiger partial charge in [0, 0.05) is 33.0 Å². The van der Waals surface area contributed by atoms with Gasteiger partial charge >= 0.3 is 0 Å². The average molecular weight is 789 g/mol. The minimum Gasteiger partial charge on any atom is -0.455 e. The van der Waals surface area contributed by atoms with Gasteiger partial charge in [-0.2, -0.15) is 0 Å². The molecular weight excluding hydrogens is 753 g/mol. The lowest BCUT2D eigenvalue weighted by atomic mass is 9.70. The van der Waals surface area contributed by atoms with E-state index in [9.17, 15) is 0 Å². The fraction of sp³-hybridized carbons (Fsp3) is 0.0169. The molecule has 2 heterocycles. The Hall–Kier alpha value is -8.14. The van der Waals surface area contributed by atoms with Gasteiger partial charge in [0.15, 0.2) is 5.82 Å². The van der Waals surface area contributed by atoms with E-state index in [0.717, 1.165) is 72.3 Å². The van der Waals surface area contributed by atoms with E-state index in [1.54, 1.807) is 0 Å². The fourth-order valence-corrected chi connectivity index (χ4v) is 10.4. The highest BCUT2D eigenvalue weighted by atomic mass is 16.3. The van der Waals surface area contributed by atoms with Crippen molar-refractivity contribution in [1.29, 1.82) is 0 Å². The molecule has 1 spiro atoms. The third-order valence-electron chi connectivity index (χ3n) is 13.1. The predicted octanol–water partition coefficient (Wildman–Crippen LogP) is 15.1. The van der Waals surface area contributed by atoms with Crippen LogP contribution in [-0.2, 0) is 5.41 Å². The molecule has 0 amide bonds. The number of para-hydroxylation sites is 2.